The average Bonchev–Trinajstić information content (AvgIpc) is 3.64. The van der Waals surface area contributed by atoms with Gasteiger partial charge in [-0.3, -0.25) is 28.8 Å². The maximum absolute atomic E-state index is 14.6. The molecule has 3 saturated carbocycles. The molecule has 4 aliphatic rings. The fourth-order valence-corrected chi connectivity index (χ4v) is 8.68. The molecule has 2 N–H and O–H groups in total. The summed E-state index contributed by atoms with van der Waals surface area (Å²) in [6.45, 7) is 9.57. The summed E-state index contributed by atoms with van der Waals surface area (Å²) in [5, 5.41) is 5.57. The molecule has 50 heavy (non-hydrogen) atoms. The van der Waals surface area contributed by atoms with Crippen molar-refractivity contribution in [3.8, 4) is 0 Å². The lowest BCUT2D eigenvalue weighted by Gasteiger charge is -2.38. The van der Waals surface area contributed by atoms with Crippen LogP contribution < -0.4 is 10.6 Å². The molecule has 0 aromatic rings. The Morgan fingerprint density at radius 1 is 0.860 bits per heavy atom. The molecule has 280 valence electrons. The molecule has 1 heterocycles. The van der Waals surface area contributed by atoms with E-state index in [0.29, 0.717) is 19.4 Å². The number of Topliss-reactive ketones (excluding diaryl/α,β-unsaturated/α-hetero) is 4. The third-order valence-electron chi connectivity index (χ3n) is 11.8. The number of rotatable bonds is 17. The maximum Gasteiger partial charge on any atom is 0.407 e. The van der Waals surface area contributed by atoms with Crippen molar-refractivity contribution in [3.05, 3.63) is 0 Å². The molecular weight excluding hydrogens is 638 g/mol. The first kappa shape index (κ1) is 39.7. The van der Waals surface area contributed by atoms with E-state index in [9.17, 15) is 33.6 Å². The summed E-state index contributed by atoms with van der Waals surface area (Å²) in [6, 6.07) is -2.50. The average molecular weight is 700 g/mol. The number of carbonyl (C=O) groups excluding carboxylic acids is 7. The van der Waals surface area contributed by atoms with Gasteiger partial charge < -0.3 is 20.3 Å². The van der Waals surface area contributed by atoms with Gasteiger partial charge in [-0.1, -0.05) is 59.8 Å². The molecule has 4 fully saturated rings. The minimum Gasteiger partial charge on any atom is -0.453 e. The van der Waals surface area contributed by atoms with Crippen LogP contribution in [0.3, 0.4) is 0 Å². The number of alkyl carbamates (subject to hydrolysis) is 1. The van der Waals surface area contributed by atoms with E-state index in [1.165, 1.54) is 7.11 Å². The zero-order valence-electron chi connectivity index (χ0n) is 31.2. The number of methoxy groups -OCH3 is 1. The standard InChI is InChI=1S/C39H61N3O8/c1-7-12-26(34(46)32(45)19-24-17-18-24)20-31(44)33-28-16-11-15-27(28)22-42(33)37(48)35(39(3,4)5)41-36(47)29(25-13-9-8-10-14-25)21-30(43)23(2)40-38(49)50-6/h23-29,33,35H,7-22H2,1-6H3,(H,40,49)(H,41,47)/t23-,26+,27-,28-,29-,33?,35+/m0/s1. The van der Waals surface area contributed by atoms with Gasteiger partial charge >= 0.3 is 6.09 Å². The number of nitrogens with zero attached hydrogens (tertiary/aromatic N) is 1. The van der Waals surface area contributed by atoms with E-state index in [-0.39, 0.29) is 72.1 Å². The Bertz CT molecular complexity index is 1280. The monoisotopic (exact) mass is 699 g/mol. The first-order chi connectivity index (χ1) is 23.7. The van der Waals surface area contributed by atoms with Crippen molar-refractivity contribution in [2.45, 2.75) is 149 Å². The van der Waals surface area contributed by atoms with Gasteiger partial charge in [-0.15, -0.1) is 0 Å². The highest BCUT2D eigenvalue weighted by molar-refractivity contribution is 6.38. The first-order valence-corrected chi connectivity index (χ1v) is 19.2. The molecule has 1 unspecified atom stereocenters. The summed E-state index contributed by atoms with van der Waals surface area (Å²) in [5.41, 5.74) is -0.713. The predicted molar refractivity (Wildman–Crippen MR) is 188 cm³/mol. The number of hydrogen-bond acceptors (Lipinski definition) is 8. The first-order valence-electron chi connectivity index (χ1n) is 19.2. The summed E-state index contributed by atoms with van der Waals surface area (Å²) >= 11 is 0. The van der Waals surface area contributed by atoms with E-state index in [1.807, 2.05) is 27.7 Å². The number of ether oxygens (including phenoxy) is 1. The summed E-state index contributed by atoms with van der Waals surface area (Å²) in [7, 11) is 1.22. The van der Waals surface area contributed by atoms with Crippen LogP contribution in [0.1, 0.15) is 131 Å². The summed E-state index contributed by atoms with van der Waals surface area (Å²) in [6.07, 6.45) is 9.70. The van der Waals surface area contributed by atoms with Crippen LogP contribution in [0.2, 0.25) is 0 Å². The summed E-state index contributed by atoms with van der Waals surface area (Å²) < 4.78 is 4.65. The van der Waals surface area contributed by atoms with Crippen molar-refractivity contribution < 1.29 is 38.3 Å². The Hall–Kier alpha value is -3.11. The largest absolute Gasteiger partial charge is 0.453 e. The van der Waals surface area contributed by atoms with Crippen molar-refractivity contribution in [2.24, 2.45) is 40.9 Å². The van der Waals surface area contributed by atoms with Crippen LogP contribution in [0.25, 0.3) is 0 Å². The fourth-order valence-electron chi connectivity index (χ4n) is 8.68. The van der Waals surface area contributed by atoms with Gasteiger partial charge in [0.25, 0.3) is 0 Å². The number of likely N-dealkylation sites (tertiary alicyclic amines) is 1. The lowest BCUT2D eigenvalue weighted by molar-refractivity contribution is -0.146. The number of nitrogens with one attached hydrogen (secondary N) is 2. The Morgan fingerprint density at radius 3 is 2.14 bits per heavy atom. The predicted octanol–water partition coefficient (Wildman–Crippen LogP) is 5.36. The molecule has 1 saturated heterocycles. The molecule has 0 aromatic heterocycles. The lowest BCUT2D eigenvalue weighted by atomic mass is 9.76. The molecule has 0 spiro atoms. The van der Waals surface area contributed by atoms with E-state index in [2.05, 4.69) is 15.4 Å². The van der Waals surface area contributed by atoms with E-state index >= 15 is 0 Å². The quantitative estimate of drug-likeness (QED) is 0.192. The van der Waals surface area contributed by atoms with E-state index in [4.69, 9.17) is 0 Å². The molecule has 3 amide bonds. The van der Waals surface area contributed by atoms with Crippen LogP contribution in [0.4, 0.5) is 4.79 Å². The van der Waals surface area contributed by atoms with Crippen LogP contribution >= 0.6 is 0 Å². The zero-order chi connectivity index (χ0) is 36.7. The molecule has 7 atom stereocenters. The second-order valence-corrected chi connectivity index (χ2v) is 16.7. The van der Waals surface area contributed by atoms with Crippen molar-refractivity contribution >= 4 is 41.0 Å². The van der Waals surface area contributed by atoms with Gasteiger partial charge in [0, 0.05) is 37.6 Å². The van der Waals surface area contributed by atoms with Crippen LogP contribution in [-0.2, 0) is 33.5 Å². The smallest absolute Gasteiger partial charge is 0.407 e. The number of fused-ring (bicyclic) bond motifs is 1. The number of ketones is 4. The SMILES string of the molecule is CCC[C@H](CC(=O)C1[C@H]2CCC[C@H]2CN1C(=O)[C@@H](NC(=O)[C@@H](CC(=O)[C@H](C)NC(=O)OC)C1CCCCC1)C(C)(C)C)C(=O)C(=O)CC1CC1. The van der Waals surface area contributed by atoms with Crippen LogP contribution in [0.15, 0.2) is 0 Å². The highest BCUT2D eigenvalue weighted by Gasteiger charge is 2.52. The zero-order valence-corrected chi connectivity index (χ0v) is 31.2. The van der Waals surface area contributed by atoms with E-state index < -0.39 is 47.3 Å². The van der Waals surface area contributed by atoms with Crippen LogP contribution in [0.5, 0.6) is 0 Å². The normalized spacial score (nSPS) is 24.8. The number of amides is 3. The Balaban J connectivity index is 1.55. The maximum atomic E-state index is 14.6. The molecule has 11 nitrogen and oxygen atoms in total. The van der Waals surface area contributed by atoms with Crippen molar-refractivity contribution in [1.29, 1.82) is 0 Å². The molecular formula is C39H61N3O8. The highest BCUT2D eigenvalue weighted by atomic mass is 16.5. The Morgan fingerprint density at radius 2 is 1.54 bits per heavy atom. The third-order valence-corrected chi connectivity index (χ3v) is 11.8. The van der Waals surface area contributed by atoms with Gasteiger partial charge in [-0.25, -0.2) is 4.79 Å². The van der Waals surface area contributed by atoms with E-state index in [1.54, 1.807) is 11.8 Å². The number of hydrogen-bond donors (Lipinski definition) is 2. The number of carbonyl (C=O) groups is 7. The van der Waals surface area contributed by atoms with Crippen LogP contribution in [-0.4, -0.2) is 77.7 Å². The second-order valence-electron chi connectivity index (χ2n) is 16.7. The van der Waals surface area contributed by atoms with Gasteiger partial charge in [-0.2, -0.15) is 0 Å². The van der Waals surface area contributed by atoms with Gasteiger partial charge in [0.15, 0.2) is 17.3 Å². The fraction of sp³-hybridized carbons (Fsp3) is 0.821. The minimum absolute atomic E-state index is 0.0151. The summed E-state index contributed by atoms with van der Waals surface area (Å²) in [5.74, 6) is -2.94. The van der Waals surface area contributed by atoms with Crippen molar-refractivity contribution in [1.82, 2.24) is 15.5 Å². The molecule has 4 rings (SSSR count). The Labute approximate surface area is 298 Å². The molecule has 1 aliphatic heterocycles. The topological polar surface area (TPSA) is 156 Å². The Kier molecular flexibility index (Phi) is 13.8. The minimum atomic E-state index is -0.955. The third kappa shape index (κ3) is 10.0. The lowest BCUT2D eigenvalue weighted by Crippen LogP contribution is -2.58. The molecule has 3 aliphatic carbocycles. The molecule has 0 aromatic carbocycles. The second kappa shape index (κ2) is 17.4. The molecule has 0 radical (unpaired) electrons. The molecule has 11 heteroatoms. The summed E-state index contributed by atoms with van der Waals surface area (Å²) in [4.78, 5) is 95.9. The van der Waals surface area contributed by atoms with Gasteiger partial charge in [0.05, 0.1) is 19.2 Å². The highest BCUT2D eigenvalue weighted by Crippen LogP contribution is 2.44. The van der Waals surface area contributed by atoms with Crippen molar-refractivity contribution in [2.75, 3.05) is 13.7 Å². The van der Waals surface area contributed by atoms with Gasteiger partial charge in [-0.05, 0) is 81.0 Å². The van der Waals surface area contributed by atoms with Crippen molar-refractivity contribution in [3.63, 3.8) is 0 Å². The van der Waals surface area contributed by atoms with Gasteiger partial charge in [0.2, 0.25) is 17.6 Å². The molecule has 0 bridgehead atoms. The van der Waals surface area contributed by atoms with E-state index in [0.717, 1.165) is 64.2 Å². The van der Waals surface area contributed by atoms with Gasteiger partial charge in [0.1, 0.15) is 6.04 Å². The van der Waals surface area contributed by atoms with Crippen LogP contribution in [0, 0.1) is 40.9 Å².